The largest absolute Gasteiger partial charge is 0.441 e. The van der Waals surface area contributed by atoms with Crippen LogP contribution in [0.3, 0.4) is 0 Å². The molecule has 0 aliphatic heterocycles. The molecule has 0 saturated carbocycles. The lowest BCUT2D eigenvalue weighted by atomic mass is 10.6. The fraction of sp³-hybridized carbons (Fsp3) is 1.00. The highest BCUT2D eigenvalue weighted by atomic mass is 32.2. The molecule has 0 atom stereocenters. The van der Waals surface area contributed by atoms with Crippen molar-refractivity contribution in [2.45, 2.75) is 18.9 Å². The fourth-order valence-corrected chi connectivity index (χ4v) is 0.653. The van der Waals surface area contributed by atoms with E-state index in [-0.39, 0.29) is 17.5 Å². The Balaban J connectivity index is 3.11. The Morgan fingerprint density at radius 2 is 1.88 bits per heavy atom. The molecule has 0 radical (unpaired) electrons. The number of alkyl halides is 3. The Bertz CT molecular complexity index is 58.8. The average molecular weight is 144 g/mol. The molecule has 0 bridgehead atoms. The van der Waals surface area contributed by atoms with Gasteiger partial charge in [0, 0.05) is 5.75 Å². The van der Waals surface area contributed by atoms with Crippen LogP contribution in [0.5, 0.6) is 0 Å². The van der Waals surface area contributed by atoms with Crippen molar-refractivity contribution in [3.05, 3.63) is 0 Å². The summed E-state index contributed by atoms with van der Waals surface area (Å²) in [4.78, 5) is 0. The molecule has 0 N–H and O–H groups in total. The van der Waals surface area contributed by atoms with E-state index in [1.807, 2.05) is 0 Å². The van der Waals surface area contributed by atoms with Gasteiger partial charge in [-0.25, -0.2) is 0 Å². The van der Waals surface area contributed by atoms with E-state index in [4.69, 9.17) is 0 Å². The van der Waals surface area contributed by atoms with Gasteiger partial charge in [-0.3, -0.25) is 0 Å². The molecule has 0 aliphatic carbocycles. The summed E-state index contributed by atoms with van der Waals surface area (Å²) < 4.78 is 33.6. The zero-order valence-electron chi connectivity index (χ0n) is 4.46. The lowest BCUT2D eigenvalue weighted by Gasteiger charge is -2.01. The molecular formula is C4H7F3S. The summed E-state index contributed by atoms with van der Waals surface area (Å²) >= 11 is 0.0336. The molecule has 8 heavy (non-hydrogen) atoms. The Kier molecular flexibility index (Phi) is 3.28. The third kappa shape index (κ3) is 6.14. The highest BCUT2D eigenvalue weighted by Gasteiger charge is 2.26. The second-order valence-corrected chi connectivity index (χ2v) is 2.45. The van der Waals surface area contributed by atoms with Gasteiger partial charge in [-0.15, -0.1) is 0 Å². The molecule has 0 rings (SSSR count). The molecule has 0 amide bonds. The summed E-state index contributed by atoms with van der Waals surface area (Å²) in [6.07, 6.45) is 0.574. The van der Waals surface area contributed by atoms with Crippen LogP contribution in [-0.2, 0) is 0 Å². The van der Waals surface area contributed by atoms with E-state index in [2.05, 4.69) is 0 Å². The molecule has 4 heteroatoms. The van der Waals surface area contributed by atoms with Gasteiger partial charge in [0.2, 0.25) is 0 Å². The van der Waals surface area contributed by atoms with Crippen molar-refractivity contribution in [2.24, 2.45) is 0 Å². The van der Waals surface area contributed by atoms with Crippen LogP contribution in [0.4, 0.5) is 13.2 Å². The molecule has 0 aromatic carbocycles. The van der Waals surface area contributed by atoms with E-state index in [0.29, 0.717) is 6.42 Å². The van der Waals surface area contributed by atoms with E-state index in [9.17, 15) is 13.2 Å². The SMILES string of the molecule is CCCSC(F)(F)F. The smallest absolute Gasteiger partial charge is 0.160 e. The van der Waals surface area contributed by atoms with Crippen LogP contribution in [0, 0.1) is 0 Å². The van der Waals surface area contributed by atoms with Crippen LogP contribution in [0.25, 0.3) is 0 Å². The molecule has 0 nitrogen and oxygen atoms in total. The lowest BCUT2D eigenvalue weighted by Crippen LogP contribution is -2.00. The summed E-state index contributed by atoms with van der Waals surface area (Å²) in [6.45, 7) is 1.72. The molecule has 0 aromatic heterocycles. The molecule has 0 unspecified atom stereocenters. The molecule has 0 fully saturated rings. The topological polar surface area (TPSA) is 0 Å². The number of rotatable bonds is 2. The van der Waals surface area contributed by atoms with Crippen LogP contribution >= 0.6 is 11.8 Å². The van der Waals surface area contributed by atoms with Gasteiger partial charge >= 0.3 is 5.51 Å². The third-order valence-electron chi connectivity index (χ3n) is 0.470. The first-order valence-corrected chi connectivity index (χ1v) is 3.25. The van der Waals surface area contributed by atoms with Crippen LogP contribution in [0.15, 0.2) is 0 Å². The zero-order valence-corrected chi connectivity index (χ0v) is 5.27. The number of hydrogen-bond acceptors (Lipinski definition) is 1. The van der Waals surface area contributed by atoms with Crippen molar-refractivity contribution in [3.8, 4) is 0 Å². The standard InChI is InChI=1S/C4H7F3S/c1-2-3-8-4(5,6)7/h2-3H2,1H3. The molecule has 0 heterocycles. The Hall–Kier alpha value is 0.140. The molecule has 0 aliphatic rings. The summed E-state index contributed by atoms with van der Waals surface area (Å²) in [7, 11) is 0. The van der Waals surface area contributed by atoms with Crippen LogP contribution < -0.4 is 0 Å². The third-order valence-corrected chi connectivity index (χ3v) is 1.41. The van der Waals surface area contributed by atoms with Crippen LogP contribution in [0.1, 0.15) is 13.3 Å². The van der Waals surface area contributed by atoms with Crippen molar-refractivity contribution >= 4 is 11.8 Å². The first-order valence-electron chi connectivity index (χ1n) is 2.27. The normalized spacial score (nSPS) is 12.0. The van der Waals surface area contributed by atoms with Crippen molar-refractivity contribution in [1.82, 2.24) is 0 Å². The second kappa shape index (κ2) is 3.22. The maximum absolute atomic E-state index is 11.2. The number of thioether (sulfide) groups is 1. The average Bonchev–Trinajstić information content (AvgIpc) is 1.59. The Morgan fingerprint density at radius 1 is 1.38 bits per heavy atom. The van der Waals surface area contributed by atoms with E-state index in [0.717, 1.165) is 0 Å². The second-order valence-electron chi connectivity index (χ2n) is 1.29. The van der Waals surface area contributed by atoms with E-state index >= 15 is 0 Å². The summed E-state index contributed by atoms with van der Waals surface area (Å²) in [5.41, 5.74) is -4.03. The number of halogens is 3. The van der Waals surface area contributed by atoms with Crippen molar-refractivity contribution in [2.75, 3.05) is 5.75 Å². The van der Waals surface area contributed by atoms with Crippen LogP contribution in [0.2, 0.25) is 0 Å². The Morgan fingerprint density at radius 3 is 2.00 bits per heavy atom. The maximum Gasteiger partial charge on any atom is 0.441 e. The van der Waals surface area contributed by atoms with E-state index < -0.39 is 5.51 Å². The molecule has 0 aromatic rings. The van der Waals surface area contributed by atoms with Crippen LogP contribution in [-0.4, -0.2) is 11.3 Å². The van der Waals surface area contributed by atoms with Gasteiger partial charge in [0.05, 0.1) is 0 Å². The maximum atomic E-state index is 11.2. The van der Waals surface area contributed by atoms with Crippen molar-refractivity contribution in [1.29, 1.82) is 0 Å². The quantitative estimate of drug-likeness (QED) is 0.574. The van der Waals surface area contributed by atoms with Gasteiger partial charge in [0.1, 0.15) is 0 Å². The first-order chi connectivity index (χ1) is 3.56. The lowest BCUT2D eigenvalue weighted by molar-refractivity contribution is -0.0327. The van der Waals surface area contributed by atoms with Gasteiger partial charge < -0.3 is 0 Å². The van der Waals surface area contributed by atoms with Crippen molar-refractivity contribution < 1.29 is 13.2 Å². The predicted octanol–water partition coefficient (Wildman–Crippen LogP) is 2.65. The summed E-state index contributed by atoms with van der Waals surface area (Å²) in [6, 6.07) is 0. The van der Waals surface area contributed by atoms with Gasteiger partial charge in [0.15, 0.2) is 0 Å². The van der Waals surface area contributed by atoms with Gasteiger partial charge in [0.25, 0.3) is 0 Å². The summed E-state index contributed by atoms with van der Waals surface area (Å²) in [5.74, 6) is 0.170. The minimum Gasteiger partial charge on any atom is -0.160 e. The van der Waals surface area contributed by atoms with Gasteiger partial charge in [-0.1, -0.05) is 18.7 Å². The number of hydrogen-bond donors (Lipinski definition) is 0. The Labute approximate surface area is 50.5 Å². The zero-order chi connectivity index (χ0) is 6.62. The minimum atomic E-state index is -4.03. The predicted molar refractivity (Wildman–Crippen MR) is 28.8 cm³/mol. The fourth-order valence-electron chi connectivity index (χ4n) is 0.218. The molecule has 0 spiro atoms. The first kappa shape index (κ1) is 8.14. The van der Waals surface area contributed by atoms with E-state index in [1.54, 1.807) is 6.92 Å². The summed E-state index contributed by atoms with van der Waals surface area (Å²) in [5, 5.41) is 0. The molecular weight excluding hydrogens is 137 g/mol. The minimum absolute atomic E-state index is 0.0336. The highest BCUT2D eigenvalue weighted by molar-refractivity contribution is 8.00. The highest BCUT2D eigenvalue weighted by Crippen LogP contribution is 2.30. The van der Waals surface area contributed by atoms with Gasteiger partial charge in [-0.2, -0.15) is 13.2 Å². The monoisotopic (exact) mass is 144 g/mol. The van der Waals surface area contributed by atoms with Gasteiger partial charge in [-0.05, 0) is 6.42 Å². The molecule has 0 saturated heterocycles. The molecule has 50 valence electrons. The van der Waals surface area contributed by atoms with E-state index in [1.165, 1.54) is 0 Å². The van der Waals surface area contributed by atoms with Crippen molar-refractivity contribution in [3.63, 3.8) is 0 Å².